The van der Waals surface area contributed by atoms with Gasteiger partial charge in [0, 0.05) is 7.05 Å². The van der Waals surface area contributed by atoms with Gasteiger partial charge in [0.15, 0.2) is 0 Å². The van der Waals surface area contributed by atoms with Crippen molar-refractivity contribution in [3.05, 3.63) is 0 Å². The van der Waals surface area contributed by atoms with E-state index in [-0.39, 0.29) is 12.0 Å². The first-order chi connectivity index (χ1) is 8.69. The molecular formula is C8H12N8OS. The molecule has 0 fully saturated rings. The normalized spacial score (nSPS) is 10.6. The van der Waals surface area contributed by atoms with Crippen molar-refractivity contribution in [2.24, 2.45) is 7.05 Å². The second-order valence-corrected chi connectivity index (χ2v) is 4.23. The highest BCUT2D eigenvalue weighted by molar-refractivity contribution is 7.99. The van der Waals surface area contributed by atoms with Crippen LogP contribution in [0.1, 0.15) is 13.3 Å². The van der Waals surface area contributed by atoms with Gasteiger partial charge in [-0.1, -0.05) is 6.92 Å². The maximum Gasteiger partial charge on any atom is 0.322 e. The van der Waals surface area contributed by atoms with Gasteiger partial charge in [0.2, 0.25) is 16.3 Å². The molecule has 9 nitrogen and oxygen atoms in total. The number of aromatic nitrogens is 7. The van der Waals surface area contributed by atoms with Gasteiger partial charge in [-0.25, -0.2) is 4.68 Å². The number of hydrogen-bond donors (Lipinski definition) is 1. The lowest BCUT2D eigenvalue weighted by molar-refractivity contribution is 0.288. The van der Waals surface area contributed by atoms with Crippen LogP contribution in [0.15, 0.2) is 10.3 Å². The maximum atomic E-state index is 5.58. The number of nitrogens with two attached hydrogens (primary N) is 1. The predicted octanol–water partition coefficient (Wildman–Crippen LogP) is -0.0827. The summed E-state index contributed by atoms with van der Waals surface area (Å²) in [6, 6.07) is 0.210. The van der Waals surface area contributed by atoms with E-state index in [1.807, 2.05) is 6.92 Å². The lowest BCUT2D eigenvalue weighted by Crippen LogP contribution is -2.05. The molecule has 0 saturated heterocycles. The average molecular weight is 268 g/mol. The summed E-state index contributed by atoms with van der Waals surface area (Å²) in [6.07, 6.45) is 0.862. The minimum absolute atomic E-state index is 0.105. The van der Waals surface area contributed by atoms with Crippen LogP contribution in [0.5, 0.6) is 6.01 Å². The Bertz CT molecular complexity index is 530. The van der Waals surface area contributed by atoms with Crippen LogP contribution in [0.3, 0.4) is 0 Å². The van der Waals surface area contributed by atoms with Crippen LogP contribution < -0.4 is 10.5 Å². The molecule has 2 rings (SSSR count). The van der Waals surface area contributed by atoms with Crippen molar-refractivity contribution in [2.45, 2.75) is 23.7 Å². The van der Waals surface area contributed by atoms with Crippen LogP contribution in [0.25, 0.3) is 0 Å². The third-order valence-electron chi connectivity index (χ3n) is 1.81. The predicted molar refractivity (Wildman–Crippen MR) is 62.9 cm³/mol. The van der Waals surface area contributed by atoms with Crippen LogP contribution >= 0.6 is 11.8 Å². The molecule has 0 radical (unpaired) electrons. The molecule has 0 aromatic carbocycles. The third kappa shape index (κ3) is 3.03. The number of rotatable bonds is 5. The lowest BCUT2D eigenvalue weighted by Gasteiger charge is -2.04. The summed E-state index contributed by atoms with van der Waals surface area (Å²) in [7, 11) is 1.72. The molecule has 10 heteroatoms. The van der Waals surface area contributed by atoms with Gasteiger partial charge in [0.05, 0.1) is 6.61 Å². The van der Waals surface area contributed by atoms with Crippen LogP contribution in [0, 0.1) is 0 Å². The second-order valence-electron chi connectivity index (χ2n) is 3.29. The molecule has 2 heterocycles. The van der Waals surface area contributed by atoms with Gasteiger partial charge in [-0.05, 0) is 28.6 Å². The first kappa shape index (κ1) is 12.5. The SMILES string of the molecule is CCCOc1nc(N)nc(Sc2nnnn2C)n1. The number of nitrogens with zero attached hydrogens (tertiary/aromatic N) is 7. The largest absolute Gasteiger partial charge is 0.463 e. The van der Waals surface area contributed by atoms with Gasteiger partial charge in [0.25, 0.3) is 0 Å². The zero-order chi connectivity index (χ0) is 13.0. The molecule has 2 aromatic rings. The number of nitrogen functional groups attached to an aromatic ring is 1. The smallest absolute Gasteiger partial charge is 0.322 e. The highest BCUT2D eigenvalue weighted by Crippen LogP contribution is 2.22. The summed E-state index contributed by atoms with van der Waals surface area (Å²) in [5.74, 6) is 0.105. The number of anilines is 1. The monoisotopic (exact) mass is 268 g/mol. The molecule has 0 atom stereocenters. The van der Waals surface area contributed by atoms with Crippen molar-refractivity contribution in [3.8, 4) is 6.01 Å². The highest BCUT2D eigenvalue weighted by Gasteiger charge is 2.11. The van der Waals surface area contributed by atoms with E-state index in [1.165, 1.54) is 16.4 Å². The Hall–Kier alpha value is -1.97. The molecule has 0 aliphatic rings. The summed E-state index contributed by atoms with van der Waals surface area (Å²) in [5, 5.41) is 12.0. The Kier molecular flexibility index (Phi) is 3.87. The zero-order valence-electron chi connectivity index (χ0n) is 9.94. The first-order valence-corrected chi connectivity index (χ1v) is 6.05. The molecule has 2 aromatic heterocycles. The molecule has 2 N–H and O–H groups in total. The number of tetrazole rings is 1. The van der Waals surface area contributed by atoms with Gasteiger partial charge >= 0.3 is 6.01 Å². The second kappa shape index (κ2) is 5.58. The Morgan fingerprint density at radius 1 is 1.33 bits per heavy atom. The molecule has 0 saturated carbocycles. The van der Waals surface area contributed by atoms with Gasteiger partial charge < -0.3 is 10.5 Å². The van der Waals surface area contributed by atoms with E-state index in [0.717, 1.165) is 6.42 Å². The van der Waals surface area contributed by atoms with Gasteiger partial charge in [-0.3, -0.25) is 0 Å². The molecule has 0 aliphatic heterocycles. The Morgan fingerprint density at radius 3 is 2.83 bits per heavy atom. The Balaban J connectivity index is 2.17. The van der Waals surface area contributed by atoms with E-state index >= 15 is 0 Å². The van der Waals surface area contributed by atoms with Gasteiger partial charge in [0.1, 0.15) is 0 Å². The molecule has 18 heavy (non-hydrogen) atoms. The van der Waals surface area contributed by atoms with Crippen LogP contribution in [0.4, 0.5) is 5.95 Å². The fourth-order valence-corrected chi connectivity index (χ4v) is 1.72. The summed E-state index contributed by atoms with van der Waals surface area (Å²) < 4.78 is 6.82. The van der Waals surface area contributed by atoms with Crippen molar-refractivity contribution in [2.75, 3.05) is 12.3 Å². The molecule has 0 bridgehead atoms. The van der Waals surface area contributed by atoms with Crippen LogP contribution in [-0.2, 0) is 7.05 Å². The van der Waals surface area contributed by atoms with Crippen LogP contribution in [0.2, 0.25) is 0 Å². The van der Waals surface area contributed by atoms with Crippen LogP contribution in [-0.4, -0.2) is 41.8 Å². The van der Waals surface area contributed by atoms with Crippen molar-refractivity contribution < 1.29 is 4.74 Å². The van der Waals surface area contributed by atoms with Crippen molar-refractivity contribution in [1.82, 2.24) is 35.2 Å². The zero-order valence-corrected chi connectivity index (χ0v) is 10.8. The van der Waals surface area contributed by atoms with E-state index in [4.69, 9.17) is 10.5 Å². The van der Waals surface area contributed by atoms with Crippen molar-refractivity contribution >= 4 is 17.7 Å². The van der Waals surface area contributed by atoms with Crippen molar-refractivity contribution in [3.63, 3.8) is 0 Å². The van der Waals surface area contributed by atoms with Crippen molar-refractivity contribution in [1.29, 1.82) is 0 Å². The molecule has 96 valence electrons. The standard InChI is InChI=1S/C8H12N8OS/c1-3-4-17-6-10-5(9)11-7(12-6)18-8-13-14-15-16(8)2/h3-4H2,1-2H3,(H2,9,10,11,12). The quantitative estimate of drug-likeness (QED) is 0.793. The van der Waals surface area contributed by atoms with Gasteiger partial charge in [-0.15, -0.1) is 5.10 Å². The van der Waals surface area contributed by atoms with Gasteiger partial charge in [-0.2, -0.15) is 15.0 Å². The van der Waals surface area contributed by atoms with E-state index < -0.39 is 0 Å². The van der Waals surface area contributed by atoms with E-state index in [0.29, 0.717) is 16.9 Å². The maximum absolute atomic E-state index is 5.58. The molecule has 0 spiro atoms. The van der Waals surface area contributed by atoms with E-state index in [9.17, 15) is 0 Å². The first-order valence-electron chi connectivity index (χ1n) is 5.23. The summed E-state index contributed by atoms with van der Waals surface area (Å²) in [5.41, 5.74) is 5.58. The molecular weight excluding hydrogens is 256 g/mol. The van der Waals surface area contributed by atoms with E-state index in [1.54, 1.807) is 7.05 Å². The Labute approximate surface area is 107 Å². The average Bonchev–Trinajstić information content (AvgIpc) is 2.72. The lowest BCUT2D eigenvalue weighted by atomic mass is 10.5. The molecule has 0 amide bonds. The summed E-state index contributed by atoms with van der Waals surface area (Å²) in [4.78, 5) is 12.0. The molecule has 0 unspecified atom stereocenters. The van der Waals surface area contributed by atoms with E-state index in [2.05, 4.69) is 30.5 Å². The summed E-state index contributed by atoms with van der Waals surface area (Å²) >= 11 is 1.19. The number of ether oxygens (including phenoxy) is 1. The number of aryl methyl sites for hydroxylation is 1. The topological polar surface area (TPSA) is 118 Å². The number of hydrogen-bond acceptors (Lipinski definition) is 9. The summed E-state index contributed by atoms with van der Waals surface area (Å²) in [6.45, 7) is 2.52. The Morgan fingerprint density at radius 2 is 2.17 bits per heavy atom. The fraction of sp³-hybridized carbons (Fsp3) is 0.500. The minimum atomic E-state index is 0.105. The molecule has 0 aliphatic carbocycles. The highest BCUT2D eigenvalue weighted by atomic mass is 32.2. The fourth-order valence-electron chi connectivity index (χ4n) is 1.05. The minimum Gasteiger partial charge on any atom is -0.463 e. The third-order valence-corrected chi connectivity index (χ3v) is 2.70.